The van der Waals surface area contributed by atoms with Gasteiger partial charge in [0.2, 0.25) is 17.7 Å². The molecule has 15 nitrogen and oxygen atoms in total. The molecule has 4 aromatic rings. The number of amides is 4. The van der Waals surface area contributed by atoms with Gasteiger partial charge < -0.3 is 34.6 Å². The Morgan fingerprint density at radius 3 is 2.52 bits per heavy atom. The summed E-state index contributed by atoms with van der Waals surface area (Å²) < 4.78 is 17.2. The van der Waals surface area contributed by atoms with Crippen molar-refractivity contribution in [3.8, 4) is 23.3 Å². The number of carbonyl (C=O) groups excluding carboxylic acids is 4. The number of aromatic nitrogens is 1. The van der Waals surface area contributed by atoms with E-state index in [0.717, 1.165) is 50.1 Å². The van der Waals surface area contributed by atoms with Gasteiger partial charge in [-0.1, -0.05) is 29.3 Å². The van der Waals surface area contributed by atoms with Gasteiger partial charge in [-0.15, -0.1) is 0 Å². The minimum Gasteiger partial charge on any atom is -0.495 e. The van der Waals surface area contributed by atoms with Crippen molar-refractivity contribution in [1.82, 2.24) is 25.0 Å². The van der Waals surface area contributed by atoms with E-state index in [1.165, 1.54) is 13.3 Å². The number of unbranched alkanes of at least 4 members (excludes halogenated alkanes) is 1. The van der Waals surface area contributed by atoms with E-state index in [2.05, 4.69) is 31.9 Å². The van der Waals surface area contributed by atoms with Gasteiger partial charge in [-0.25, -0.2) is 0 Å². The van der Waals surface area contributed by atoms with Crippen LogP contribution < -0.4 is 30.2 Å². The van der Waals surface area contributed by atoms with E-state index in [9.17, 15) is 24.4 Å². The lowest BCUT2D eigenvalue weighted by Gasteiger charge is -2.34. The van der Waals surface area contributed by atoms with Crippen LogP contribution in [0.3, 0.4) is 0 Å². The number of nitriles is 1. The number of piperidine rings is 1. The van der Waals surface area contributed by atoms with Gasteiger partial charge in [0.05, 0.1) is 53.3 Å². The number of rotatable bonds is 16. The smallest absolute Gasteiger partial charge is 0.255 e. The normalized spacial score (nSPS) is 16.6. The Hall–Kier alpha value is -5.82. The standard InChI is InChI=1S/C43H46Cl2N8O7/c1-58-36-22-34(30(44)20-31(36)45)49-41-26(23-46)24-48-33-21-38(37(59-2)19-28(33)41)60-18-6-13-51-14-16-52(17-15-51)40(55)9-3-4-12-47-32-8-5-7-27-29(32)25-53(43(27)57)35-10-11-39(54)50-42(35)56/h5,7-8,19-22,24,35,47H,3-4,6,9-18,25H2,1-2H3,(H,48,49)(H,50,54,56). The summed E-state index contributed by atoms with van der Waals surface area (Å²) in [6.07, 6.45) is 4.77. The first-order chi connectivity index (χ1) is 29.1. The fourth-order valence-corrected chi connectivity index (χ4v) is 8.34. The van der Waals surface area contributed by atoms with Crippen LogP contribution in [0, 0.1) is 11.3 Å². The van der Waals surface area contributed by atoms with Crippen molar-refractivity contribution in [3.63, 3.8) is 0 Å². The molecular formula is C43H46Cl2N8O7. The zero-order valence-electron chi connectivity index (χ0n) is 33.4. The number of pyridine rings is 1. The van der Waals surface area contributed by atoms with Crippen molar-refractivity contribution >= 4 is 74.8 Å². The van der Waals surface area contributed by atoms with Crippen LogP contribution in [0.2, 0.25) is 10.0 Å². The lowest BCUT2D eigenvalue weighted by Crippen LogP contribution is -2.52. The van der Waals surface area contributed by atoms with Crippen LogP contribution >= 0.6 is 23.2 Å². The fraction of sp³-hybridized carbons (Fsp3) is 0.395. The highest BCUT2D eigenvalue weighted by atomic mass is 35.5. The molecule has 2 fully saturated rings. The van der Waals surface area contributed by atoms with E-state index in [1.807, 2.05) is 17.0 Å². The minimum absolute atomic E-state index is 0.150. The van der Waals surface area contributed by atoms with Crippen LogP contribution in [0.15, 0.2) is 48.7 Å². The Morgan fingerprint density at radius 2 is 1.77 bits per heavy atom. The summed E-state index contributed by atoms with van der Waals surface area (Å²) in [7, 11) is 3.07. The number of nitrogens with one attached hydrogen (secondary N) is 3. The number of nitrogens with zero attached hydrogens (tertiary/aromatic N) is 5. The van der Waals surface area contributed by atoms with Gasteiger partial charge in [0.15, 0.2) is 11.5 Å². The highest BCUT2D eigenvalue weighted by Gasteiger charge is 2.39. The number of fused-ring (bicyclic) bond motifs is 2. The zero-order chi connectivity index (χ0) is 42.3. The number of piperazine rings is 1. The van der Waals surface area contributed by atoms with Gasteiger partial charge in [-0.2, -0.15) is 5.26 Å². The second kappa shape index (κ2) is 19.1. The largest absolute Gasteiger partial charge is 0.495 e. The third-order valence-corrected chi connectivity index (χ3v) is 11.7. The number of benzene rings is 3. The van der Waals surface area contributed by atoms with Crippen LogP contribution in [0.5, 0.6) is 17.2 Å². The SMILES string of the molecule is COc1cc(Nc2c(C#N)cnc3cc(OCCCN4CCN(C(=O)CCCCNc5cccc6c5CN(C5CCC(=O)NC5=O)C6=O)CC4)c(OC)cc23)c(Cl)cc1Cl. The molecule has 3 aliphatic heterocycles. The number of methoxy groups -OCH3 is 2. The monoisotopic (exact) mass is 856 g/mol. The summed E-state index contributed by atoms with van der Waals surface area (Å²) in [5.41, 5.74) is 4.18. The second-order valence-corrected chi connectivity index (χ2v) is 15.6. The number of imide groups is 1. The second-order valence-electron chi connectivity index (χ2n) is 14.8. The first-order valence-electron chi connectivity index (χ1n) is 19.9. The lowest BCUT2D eigenvalue weighted by molar-refractivity contribution is -0.137. The van der Waals surface area contributed by atoms with Gasteiger partial charge in [0, 0.05) is 99.2 Å². The molecule has 1 atom stereocenters. The Balaban J connectivity index is 0.835. The van der Waals surface area contributed by atoms with Gasteiger partial charge in [-0.05, 0) is 49.9 Å². The van der Waals surface area contributed by atoms with Crippen molar-refractivity contribution in [3.05, 3.63) is 75.4 Å². The summed E-state index contributed by atoms with van der Waals surface area (Å²) in [5, 5.41) is 20.3. The Bertz CT molecular complexity index is 2350. The van der Waals surface area contributed by atoms with E-state index in [-0.39, 0.29) is 24.1 Å². The van der Waals surface area contributed by atoms with Crippen molar-refractivity contribution in [1.29, 1.82) is 5.26 Å². The predicted octanol–water partition coefficient (Wildman–Crippen LogP) is 6.13. The van der Waals surface area contributed by atoms with Crippen molar-refractivity contribution < 1.29 is 33.4 Å². The Labute approximate surface area is 357 Å². The molecule has 0 aliphatic carbocycles. The molecule has 7 rings (SSSR count). The van der Waals surface area contributed by atoms with Gasteiger partial charge >= 0.3 is 0 Å². The fourth-order valence-electron chi connectivity index (χ4n) is 7.83. The van der Waals surface area contributed by atoms with Crippen LogP contribution in [0.4, 0.5) is 17.1 Å². The van der Waals surface area contributed by atoms with Crippen molar-refractivity contribution in [2.24, 2.45) is 0 Å². The first-order valence-corrected chi connectivity index (χ1v) is 20.7. The van der Waals surface area contributed by atoms with Crippen LogP contribution in [-0.2, 0) is 20.9 Å². The van der Waals surface area contributed by atoms with E-state index < -0.39 is 11.9 Å². The van der Waals surface area contributed by atoms with E-state index in [1.54, 1.807) is 42.3 Å². The van der Waals surface area contributed by atoms with Crippen LogP contribution in [0.1, 0.15) is 60.0 Å². The molecule has 1 unspecified atom stereocenters. The molecule has 17 heteroatoms. The molecular weight excluding hydrogens is 811 g/mol. The average molecular weight is 858 g/mol. The quantitative estimate of drug-likeness (QED) is 0.0869. The van der Waals surface area contributed by atoms with E-state index in [4.69, 9.17) is 37.4 Å². The molecule has 1 aromatic heterocycles. The van der Waals surface area contributed by atoms with Crippen LogP contribution in [0.25, 0.3) is 10.9 Å². The molecule has 60 heavy (non-hydrogen) atoms. The van der Waals surface area contributed by atoms with Gasteiger partial charge in [0.25, 0.3) is 5.91 Å². The maximum Gasteiger partial charge on any atom is 0.255 e. The van der Waals surface area contributed by atoms with Crippen LogP contribution in [-0.4, -0.2) is 109 Å². The molecule has 3 aliphatic rings. The predicted molar refractivity (Wildman–Crippen MR) is 227 cm³/mol. The third-order valence-electron chi connectivity index (χ3n) is 11.1. The highest BCUT2D eigenvalue weighted by molar-refractivity contribution is 6.37. The topological polar surface area (TPSA) is 178 Å². The van der Waals surface area contributed by atoms with Crippen molar-refractivity contribution in [2.45, 2.75) is 51.1 Å². The maximum absolute atomic E-state index is 13.1. The van der Waals surface area contributed by atoms with E-state index >= 15 is 0 Å². The molecule has 4 heterocycles. The molecule has 0 spiro atoms. The van der Waals surface area contributed by atoms with Gasteiger partial charge in [0.1, 0.15) is 17.9 Å². The molecule has 4 amide bonds. The van der Waals surface area contributed by atoms with E-state index in [0.29, 0.717) is 106 Å². The molecule has 0 bridgehead atoms. The highest BCUT2D eigenvalue weighted by Crippen LogP contribution is 2.40. The van der Waals surface area contributed by atoms with Crippen molar-refractivity contribution in [2.75, 3.05) is 70.7 Å². The summed E-state index contributed by atoms with van der Waals surface area (Å²) in [6.45, 7) is 5.11. The number of halogens is 2. The maximum atomic E-state index is 13.1. The minimum atomic E-state index is -0.656. The lowest BCUT2D eigenvalue weighted by atomic mass is 10.0. The number of hydrogen-bond donors (Lipinski definition) is 3. The number of ether oxygens (including phenoxy) is 3. The number of anilines is 3. The summed E-state index contributed by atoms with van der Waals surface area (Å²) >= 11 is 12.7. The molecule has 0 saturated carbocycles. The number of carbonyl (C=O) groups is 4. The molecule has 0 radical (unpaired) electrons. The average Bonchev–Trinajstić information content (AvgIpc) is 3.59. The summed E-state index contributed by atoms with van der Waals surface area (Å²) in [4.78, 5) is 60.5. The summed E-state index contributed by atoms with van der Waals surface area (Å²) in [5.74, 6) is 0.661. The first kappa shape index (κ1) is 42.3. The molecule has 2 saturated heterocycles. The Morgan fingerprint density at radius 1 is 0.967 bits per heavy atom. The molecule has 3 aromatic carbocycles. The molecule has 314 valence electrons. The molecule has 3 N–H and O–H groups in total. The zero-order valence-corrected chi connectivity index (χ0v) is 35.0. The Kier molecular flexibility index (Phi) is 13.4. The number of hydrogen-bond acceptors (Lipinski definition) is 12. The van der Waals surface area contributed by atoms with Gasteiger partial charge in [-0.3, -0.25) is 34.4 Å². The third kappa shape index (κ3) is 9.31. The summed E-state index contributed by atoms with van der Waals surface area (Å²) in [6, 6.07) is 13.9.